The normalized spacial score (nSPS) is 12.0. The maximum absolute atomic E-state index is 15.0. The molecule has 0 spiro atoms. The Labute approximate surface area is 187 Å². The molecule has 0 aliphatic rings. The van der Waals surface area contributed by atoms with Crippen LogP contribution in [0.5, 0.6) is 0 Å². The van der Waals surface area contributed by atoms with Crippen molar-refractivity contribution in [3.8, 4) is 0 Å². The molecule has 0 saturated carbocycles. The van der Waals surface area contributed by atoms with Gasteiger partial charge < -0.3 is 0 Å². The standard InChI is InChI=1S/C26H12Br2F2/c27-19-9-11-21(29)25-17(19)7-3-13-1-5-15-16(23(13)25)6-2-14-4-8-18-20(28)10-12-22(30)26(18)24(14)15/h1-12H. The van der Waals surface area contributed by atoms with Crippen molar-refractivity contribution in [1.29, 1.82) is 0 Å². The van der Waals surface area contributed by atoms with Crippen LogP contribution in [0.1, 0.15) is 0 Å². The van der Waals surface area contributed by atoms with Crippen LogP contribution in [0.25, 0.3) is 53.9 Å². The van der Waals surface area contributed by atoms with E-state index in [1.807, 2.05) is 48.5 Å². The van der Waals surface area contributed by atoms with E-state index >= 15 is 8.78 Å². The molecule has 0 aromatic heterocycles. The predicted octanol–water partition coefficient (Wildman–Crippen LogP) is 9.26. The second-order valence-electron chi connectivity index (χ2n) is 7.46. The zero-order valence-electron chi connectivity index (χ0n) is 15.4. The fourth-order valence-corrected chi connectivity index (χ4v) is 5.52. The predicted molar refractivity (Wildman–Crippen MR) is 129 cm³/mol. The van der Waals surface area contributed by atoms with Gasteiger partial charge in [0.15, 0.2) is 0 Å². The van der Waals surface area contributed by atoms with Crippen LogP contribution in [0.15, 0.2) is 81.7 Å². The van der Waals surface area contributed by atoms with Crippen LogP contribution >= 0.6 is 31.9 Å². The third-order valence-electron chi connectivity index (χ3n) is 5.91. The second kappa shape index (κ2) is 6.47. The number of hydrogen-bond acceptors (Lipinski definition) is 0. The molecule has 0 bridgehead atoms. The molecular formula is C26H12Br2F2. The molecule has 144 valence electrons. The van der Waals surface area contributed by atoms with Gasteiger partial charge in [-0.15, -0.1) is 0 Å². The molecule has 0 amide bonds. The van der Waals surface area contributed by atoms with Crippen LogP contribution in [0, 0.1) is 11.6 Å². The Morgan fingerprint density at radius 2 is 0.767 bits per heavy atom. The minimum Gasteiger partial charge on any atom is -0.206 e. The minimum absolute atomic E-state index is 0.266. The molecule has 0 aliphatic carbocycles. The lowest BCUT2D eigenvalue weighted by molar-refractivity contribution is 0.640. The van der Waals surface area contributed by atoms with Crippen molar-refractivity contribution >= 4 is 85.7 Å². The van der Waals surface area contributed by atoms with Gasteiger partial charge in [-0.3, -0.25) is 0 Å². The third-order valence-corrected chi connectivity index (χ3v) is 7.29. The Bertz CT molecular complexity index is 1560. The van der Waals surface area contributed by atoms with Crippen LogP contribution in [0.4, 0.5) is 8.78 Å². The molecule has 0 unspecified atom stereocenters. The minimum atomic E-state index is -0.266. The number of rotatable bonds is 0. The molecule has 6 aromatic carbocycles. The summed E-state index contributed by atoms with van der Waals surface area (Å²) in [6.07, 6.45) is 0. The third kappa shape index (κ3) is 2.41. The van der Waals surface area contributed by atoms with Gasteiger partial charge in [0, 0.05) is 30.5 Å². The summed E-state index contributed by atoms with van der Waals surface area (Å²) >= 11 is 7.10. The molecule has 0 fully saturated rings. The van der Waals surface area contributed by atoms with E-state index in [9.17, 15) is 0 Å². The summed E-state index contributed by atoms with van der Waals surface area (Å²) < 4.78 is 31.7. The zero-order chi connectivity index (χ0) is 20.6. The van der Waals surface area contributed by atoms with Crippen molar-refractivity contribution in [3.05, 3.63) is 93.4 Å². The largest absolute Gasteiger partial charge is 0.206 e. The number of hydrogen-bond donors (Lipinski definition) is 0. The smallest absolute Gasteiger partial charge is 0.131 e. The van der Waals surface area contributed by atoms with Gasteiger partial charge in [-0.2, -0.15) is 0 Å². The van der Waals surface area contributed by atoms with Crippen LogP contribution in [-0.4, -0.2) is 0 Å². The fourth-order valence-electron chi connectivity index (χ4n) is 4.59. The Kier molecular flexibility index (Phi) is 3.93. The topological polar surface area (TPSA) is 0 Å². The monoisotopic (exact) mass is 520 g/mol. The first-order chi connectivity index (χ1) is 14.5. The van der Waals surface area contributed by atoms with E-state index in [1.165, 1.54) is 12.1 Å². The summed E-state index contributed by atoms with van der Waals surface area (Å²) in [4.78, 5) is 0. The van der Waals surface area contributed by atoms with E-state index in [-0.39, 0.29) is 11.6 Å². The van der Waals surface area contributed by atoms with Crippen LogP contribution < -0.4 is 0 Å². The quantitative estimate of drug-likeness (QED) is 0.175. The molecule has 6 rings (SSSR count). The first-order valence-corrected chi connectivity index (χ1v) is 11.1. The van der Waals surface area contributed by atoms with Crippen molar-refractivity contribution < 1.29 is 8.78 Å². The van der Waals surface area contributed by atoms with Crippen LogP contribution in [-0.2, 0) is 0 Å². The lowest BCUT2D eigenvalue weighted by Gasteiger charge is -2.14. The molecule has 0 aliphatic heterocycles. The Balaban J connectivity index is 1.95. The number of fused-ring (bicyclic) bond motifs is 9. The second-order valence-corrected chi connectivity index (χ2v) is 9.17. The number of benzene rings is 6. The molecule has 0 atom stereocenters. The lowest BCUT2D eigenvalue weighted by Crippen LogP contribution is -1.89. The summed E-state index contributed by atoms with van der Waals surface area (Å²) in [6, 6.07) is 22.3. The highest BCUT2D eigenvalue weighted by molar-refractivity contribution is 9.11. The fraction of sp³-hybridized carbons (Fsp3) is 0. The maximum Gasteiger partial charge on any atom is 0.131 e. The van der Waals surface area contributed by atoms with Crippen LogP contribution in [0.3, 0.4) is 0 Å². The van der Waals surface area contributed by atoms with E-state index in [2.05, 4.69) is 31.9 Å². The molecule has 30 heavy (non-hydrogen) atoms. The Hall–Kier alpha value is -2.56. The van der Waals surface area contributed by atoms with Gasteiger partial charge in [-0.05, 0) is 56.6 Å². The molecule has 0 saturated heterocycles. The van der Waals surface area contributed by atoms with E-state index in [0.717, 1.165) is 52.0 Å². The van der Waals surface area contributed by atoms with Gasteiger partial charge in [-0.25, -0.2) is 8.78 Å². The molecule has 0 heterocycles. The summed E-state index contributed by atoms with van der Waals surface area (Å²) in [5.41, 5.74) is 0. The van der Waals surface area contributed by atoms with Crippen LogP contribution in [0.2, 0.25) is 0 Å². The van der Waals surface area contributed by atoms with Gasteiger partial charge in [-0.1, -0.05) is 80.4 Å². The van der Waals surface area contributed by atoms with Crippen molar-refractivity contribution in [3.63, 3.8) is 0 Å². The van der Waals surface area contributed by atoms with E-state index in [0.29, 0.717) is 10.8 Å². The Morgan fingerprint density at radius 3 is 1.17 bits per heavy atom. The lowest BCUT2D eigenvalue weighted by atomic mass is 9.91. The zero-order valence-corrected chi connectivity index (χ0v) is 18.6. The van der Waals surface area contributed by atoms with E-state index in [4.69, 9.17) is 0 Å². The highest BCUT2D eigenvalue weighted by Crippen LogP contribution is 2.41. The molecular weight excluding hydrogens is 510 g/mol. The van der Waals surface area contributed by atoms with Gasteiger partial charge in [0.05, 0.1) is 0 Å². The molecule has 4 heteroatoms. The first-order valence-electron chi connectivity index (χ1n) is 9.47. The summed E-state index contributed by atoms with van der Waals surface area (Å²) in [7, 11) is 0. The van der Waals surface area contributed by atoms with Crippen molar-refractivity contribution in [2.24, 2.45) is 0 Å². The highest BCUT2D eigenvalue weighted by atomic mass is 79.9. The molecule has 6 aromatic rings. The van der Waals surface area contributed by atoms with Crippen molar-refractivity contribution in [2.75, 3.05) is 0 Å². The average Bonchev–Trinajstić information content (AvgIpc) is 2.77. The Morgan fingerprint density at radius 1 is 0.400 bits per heavy atom. The van der Waals surface area contributed by atoms with Gasteiger partial charge in [0.2, 0.25) is 0 Å². The molecule has 0 radical (unpaired) electrons. The first kappa shape index (κ1) is 18.2. The SMILES string of the molecule is Fc1ccc(Br)c2ccc3ccc4c(ccc5ccc6c(Br)ccc(F)c6c54)c3c12. The molecule has 0 N–H and O–H groups in total. The summed E-state index contributed by atoms with van der Waals surface area (Å²) in [5.74, 6) is -0.531. The van der Waals surface area contributed by atoms with E-state index in [1.54, 1.807) is 12.1 Å². The summed E-state index contributed by atoms with van der Waals surface area (Å²) in [5, 5.41) is 8.22. The van der Waals surface area contributed by atoms with E-state index < -0.39 is 0 Å². The van der Waals surface area contributed by atoms with Crippen molar-refractivity contribution in [1.82, 2.24) is 0 Å². The molecule has 0 nitrogen and oxygen atoms in total. The number of halogens is 4. The van der Waals surface area contributed by atoms with Gasteiger partial charge in [0.1, 0.15) is 11.6 Å². The average molecular weight is 522 g/mol. The summed E-state index contributed by atoms with van der Waals surface area (Å²) in [6.45, 7) is 0. The highest BCUT2D eigenvalue weighted by Gasteiger charge is 2.15. The van der Waals surface area contributed by atoms with Gasteiger partial charge >= 0.3 is 0 Å². The maximum atomic E-state index is 15.0. The van der Waals surface area contributed by atoms with Gasteiger partial charge in [0.25, 0.3) is 0 Å². The van der Waals surface area contributed by atoms with Crippen molar-refractivity contribution in [2.45, 2.75) is 0 Å².